The maximum Gasteiger partial charge on any atom is 0.404 e. The van der Waals surface area contributed by atoms with Gasteiger partial charge in [-0.1, -0.05) is 24.3 Å². The number of halogens is 3. The molecule has 11 heteroatoms. The first-order chi connectivity index (χ1) is 13.6. The number of pyridine rings is 1. The molecule has 0 fully saturated rings. The maximum atomic E-state index is 12.8. The molecule has 0 amide bonds. The smallest absolute Gasteiger partial charge is 0.368 e. The van der Waals surface area contributed by atoms with Gasteiger partial charge in [-0.2, -0.15) is 17.9 Å². The third-order valence-corrected chi connectivity index (χ3v) is 5.64. The number of nitrogens with two attached hydrogens (primary N) is 1. The van der Waals surface area contributed by atoms with E-state index in [-0.39, 0.29) is 16.4 Å². The van der Waals surface area contributed by atoms with Crippen LogP contribution in [0.3, 0.4) is 0 Å². The fourth-order valence-corrected chi connectivity index (χ4v) is 3.96. The van der Waals surface area contributed by atoms with Crippen molar-refractivity contribution in [1.29, 1.82) is 0 Å². The lowest BCUT2D eigenvalue weighted by atomic mass is 10.1. The Hall–Kier alpha value is -3.05. The van der Waals surface area contributed by atoms with Crippen LogP contribution >= 0.6 is 0 Å². The largest absolute Gasteiger partial charge is 0.404 e. The first-order valence-electron chi connectivity index (χ1n) is 8.30. The lowest BCUT2D eigenvalue weighted by Crippen LogP contribution is -2.43. The van der Waals surface area contributed by atoms with Crippen molar-refractivity contribution in [2.75, 3.05) is 5.73 Å². The van der Waals surface area contributed by atoms with Gasteiger partial charge in [0.25, 0.3) is 0 Å². The summed E-state index contributed by atoms with van der Waals surface area (Å²) in [6.45, 7) is 0.741. The number of benzene rings is 1. The van der Waals surface area contributed by atoms with Gasteiger partial charge < -0.3 is 5.73 Å². The summed E-state index contributed by atoms with van der Waals surface area (Å²) in [6, 6.07) is 6.76. The van der Waals surface area contributed by atoms with E-state index in [0.717, 1.165) is 6.92 Å². The van der Waals surface area contributed by atoms with Gasteiger partial charge in [0.1, 0.15) is 6.04 Å². The van der Waals surface area contributed by atoms with Crippen LogP contribution in [0.5, 0.6) is 0 Å². The highest BCUT2D eigenvalue weighted by Crippen LogP contribution is 2.29. The van der Waals surface area contributed by atoms with Crippen LogP contribution in [0, 0.1) is 0 Å². The summed E-state index contributed by atoms with van der Waals surface area (Å²) in [5.74, 6) is 0.116. The summed E-state index contributed by atoms with van der Waals surface area (Å²) in [5.41, 5.74) is 7.22. The molecule has 2 aromatic heterocycles. The molecule has 0 aliphatic heterocycles. The van der Waals surface area contributed by atoms with E-state index >= 15 is 0 Å². The summed E-state index contributed by atoms with van der Waals surface area (Å²) in [6.07, 6.45) is -0.296. The van der Waals surface area contributed by atoms with Gasteiger partial charge in [0.15, 0.2) is 0 Å². The Kier molecular flexibility index (Phi) is 5.53. The lowest BCUT2D eigenvalue weighted by molar-refractivity contribution is -0.147. The molecular weight excluding hydrogens is 407 g/mol. The van der Waals surface area contributed by atoms with Gasteiger partial charge in [0.2, 0.25) is 16.0 Å². The fourth-order valence-electron chi connectivity index (χ4n) is 2.50. The van der Waals surface area contributed by atoms with Gasteiger partial charge >= 0.3 is 6.18 Å². The third-order valence-electron chi connectivity index (χ3n) is 4.04. The minimum absolute atomic E-state index is 0.116. The highest BCUT2D eigenvalue weighted by molar-refractivity contribution is 7.89. The fraction of sp³-hybridized carbons (Fsp3) is 0.167. The predicted molar refractivity (Wildman–Crippen MR) is 101 cm³/mol. The SMILES string of the molecule is CC(NS(=O)(=O)c1ccccc1-c1ccc(-c2cnc(N)nc2)nc1)C(F)(F)F. The molecule has 152 valence electrons. The number of anilines is 1. The number of hydrogen-bond acceptors (Lipinski definition) is 6. The van der Waals surface area contributed by atoms with Gasteiger partial charge in [-0.25, -0.2) is 18.4 Å². The molecule has 3 rings (SSSR count). The first-order valence-corrected chi connectivity index (χ1v) is 9.78. The van der Waals surface area contributed by atoms with Gasteiger partial charge in [0.05, 0.1) is 10.6 Å². The van der Waals surface area contributed by atoms with Crippen LogP contribution < -0.4 is 10.5 Å². The minimum atomic E-state index is -4.70. The maximum absolute atomic E-state index is 12.8. The van der Waals surface area contributed by atoms with Crippen molar-refractivity contribution in [2.45, 2.75) is 24.0 Å². The summed E-state index contributed by atoms with van der Waals surface area (Å²) >= 11 is 0. The van der Waals surface area contributed by atoms with E-state index in [9.17, 15) is 21.6 Å². The van der Waals surface area contributed by atoms with Crippen LogP contribution in [0.15, 0.2) is 59.9 Å². The number of alkyl halides is 3. The minimum Gasteiger partial charge on any atom is -0.368 e. The molecule has 0 aliphatic rings. The van der Waals surface area contributed by atoms with Crippen molar-refractivity contribution in [1.82, 2.24) is 19.7 Å². The number of rotatable bonds is 5. The van der Waals surface area contributed by atoms with Gasteiger partial charge in [-0.3, -0.25) is 4.98 Å². The summed E-state index contributed by atoms with van der Waals surface area (Å²) in [5, 5.41) is 0. The van der Waals surface area contributed by atoms with Gasteiger partial charge in [0, 0.05) is 35.3 Å². The van der Waals surface area contributed by atoms with Crippen LogP contribution in [-0.4, -0.2) is 35.6 Å². The van der Waals surface area contributed by atoms with Crippen molar-refractivity contribution in [3.8, 4) is 22.4 Å². The standard InChI is InChI=1S/C18H16F3N5O2S/c1-11(18(19,20)21)26-29(27,28)16-5-3-2-4-14(16)12-6-7-15(23-8-12)13-9-24-17(22)25-10-13/h2-11,26H,1H3,(H2,22,24,25). The van der Waals surface area contributed by atoms with Crippen molar-refractivity contribution < 1.29 is 21.6 Å². The zero-order valence-electron chi connectivity index (χ0n) is 15.1. The van der Waals surface area contributed by atoms with E-state index in [4.69, 9.17) is 5.73 Å². The number of nitrogens with one attached hydrogen (secondary N) is 1. The molecule has 1 unspecified atom stereocenters. The Morgan fingerprint density at radius 1 is 0.966 bits per heavy atom. The second-order valence-electron chi connectivity index (χ2n) is 6.14. The Morgan fingerprint density at radius 3 is 2.17 bits per heavy atom. The van der Waals surface area contributed by atoms with E-state index in [1.165, 1.54) is 36.8 Å². The highest BCUT2D eigenvalue weighted by Gasteiger charge is 2.39. The quantitative estimate of drug-likeness (QED) is 0.653. The Labute approximate surface area is 164 Å². The van der Waals surface area contributed by atoms with Crippen molar-refractivity contribution >= 4 is 16.0 Å². The molecule has 1 aromatic carbocycles. The van der Waals surface area contributed by atoms with Crippen LogP contribution in [-0.2, 0) is 10.0 Å². The molecule has 3 N–H and O–H groups in total. The molecular formula is C18H16F3N5O2S. The van der Waals surface area contributed by atoms with E-state index in [0.29, 0.717) is 16.8 Å². The van der Waals surface area contributed by atoms with Crippen LogP contribution in [0.25, 0.3) is 22.4 Å². The number of aromatic nitrogens is 3. The summed E-state index contributed by atoms with van der Waals surface area (Å²) in [4.78, 5) is 11.7. The average Bonchev–Trinajstić information content (AvgIpc) is 2.68. The Morgan fingerprint density at radius 2 is 1.59 bits per heavy atom. The molecule has 3 aromatic rings. The summed E-state index contributed by atoms with van der Waals surface area (Å²) in [7, 11) is -4.42. The van der Waals surface area contributed by atoms with Gasteiger partial charge in [-0.15, -0.1) is 0 Å². The molecule has 0 saturated heterocycles. The van der Waals surface area contributed by atoms with Crippen molar-refractivity contribution in [2.24, 2.45) is 0 Å². The number of nitrogen functional groups attached to an aromatic ring is 1. The lowest BCUT2D eigenvalue weighted by Gasteiger charge is -2.18. The van der Waals surface area contributed by atoms with E-state index in [1.807, 2.05) is 0 Å². The first kappa shape index (κ1) is 20.7. The van der Waals surface area contributed by atoms with Crippen molar-refractivity contribution in [3.63, 3.8) is 0 Å². The molecule has 2 heterocycles. The molecule has 0 aliphatic carbocycles. The normalized spacial score (nSPS) is 13.2. The number of hydrogen-bond donors (Lipinski definition) is 2. The second-order valence-corrected chi connectivity index (χ2v) is 7.83. The molecule has 0 saturated carbocycles. The summed E-state index contributed by atoms with van der Waals surface area (Å²) < 4.78 is 65.1. The average molecular weight is 423 g/mol. The third kappa shape index (κ3) is 4.69. The molecule has 29 heavy (non-hydrogen) atoms. The van der Waals surface area contributed by atoms with Crippen LogP contribution in [0.2, 0.25) is 0 Å². The van der Waals surface area contributed by atoms with Gasteiger partial charge in [-0.05, 0) is 19.1 Å². The zero-order chi connectivity index (χ0) is 21.2. The Bertz CT molecular complexity index is 1100. The predicted octanol–water partition coefficient (Wildman–Crippen LogP) is 3.02. The molecule has 0 radical (unpaired) electrons. The van der Waals surface area contributed by atoms with Crippen molar-refractivity contribution in [3.05, 3.63) is 55.0 Å². The Balaban J connectivity index is 1.95. The highest BCUT2D eigenvalue weighted by atomic mass is 32.2. The molecule has 1 atom stereocenters. The molecule has 7 nitrogen and oxygen atoms in total. The van der Waals surface area contributed by atoms with E-state index in [1.54, 1.807) is 22.9 Å². The second kappa shape index (κ2) is 7.76. The zero-order valence-corrected chi connectivity index (χ0v) is 15.9. The monoisotopic (exact) mass is 423 g/mol. The van der Waals surface area contributed by atoms with E-state index < -0.39 is 22.2 Å². The molecule has 0 bridgehead atoms. The van der Waals surface area contributed by atoms with E-state index in [2.05, 4.69) is 15.0 Å². The number of sulfonamides is 1. The van der Waals surface area contributed by atoms with Crippen LogP contribution in [0.1, 0.15) is 6.92 Å². The molecule has 0 spiro atoms. The number of nitrogens with zero attached hydrogens (tertiary/aromatic N) is 3. The van der Waals surface area contributed by atoms with Crippen LogP contribution in [0.4, 0.5) is 19.1 Å². The topological polar surface area (TPSA) is 111 Å².